The van der Waals surface area contributed by atoms with Gasteiger partial charge in [0.25, 0.3) is 0 Å². The molecule has 1 atom stereocenters. The molecule has 0 saturated carbocycles. The van der Waals surface area contributed by atoms with Crippen molar-refractivity contribution in [2.45, 2.75) is 45.6 Å². The van der Waals surface area contributed by atoms with Gasteiger partial charge in [0.2, 0.25) is 5.91 Å². The van der Waals surface area contributed by atoms with Gasteiger partial charge in [-0.3, -0.25) is 4.79 Å². The summed E-state index contributed by atoms with van der Waals surface area (Å²) in [5.41, 5.74) is 6.74. The molecular weight excluding hydrogens is 236 g/mol. The number of unbranched alkanes of at least 4 members (excludes halogenated alkanes) is 1. The van der Waals surface area contributed by atoms with Crippen molar-refractivity contribution in [3.8, 4) is 0 Å². The highest BCUT2D eigenvalue weighted by atomic mass is 16.2. The van der Waals surface area contributed by atoms with Crippen LogP contribution in [0.25, 0.3) is 0 Å². The molecule has 19 heavy (non-hydrogen) atoms. The minimum atomic E-state index is 0.173. The van der Waals surface area contributed by atoms with Crippen molar-refractivity contribution < 1.29 is 4.79 Å². The number of rotatable bonds is 8. The van der Waals surface area contributed by atoms with Crippen LogP contribution < -0.4 is 5.73 Å². The molecule has 0 radical (unpaired) electrons. The molecule has 0 aliphatic rings. The lowest BCUT2D eigenvalue weighted by molar-refractivity contribution is -0.133. The van der Waals surface area contributed by atoms with E-state index in [0.717, 1.165) is 25.8 Å². The van der Waals surface area contributed by atoms with Gasteiger partial charge >= 0.3 is 0 Å². The van der Waals surface area contributed by atoms with Gasteiger partial charge in [0.05, 0.1) is 6.04 Å². The largest absolute Gasteiger partial charge is 0.336 e. The van der Waals surface area contributed by atoms with Gasteiger partial charge in [-0.2, -0.15) is 0 Å². The van der Waals surface area contributed by atoms with E-state index >= 15 is 0 Å². The summed E-state index contributed by atoms with van der Waals surface area (Å²) in [5, 5.41) is 0. The summed E-state index contributed by atoms with van der Waals surface area (Å²) < 4.78 is 0. The van der Waals surface area contributed by atoms with Crippen molar-refractivity contribution in [2.75, 3.05) is 13.1 Å². The van der Waals surface area contributed by atoms with Crippen molar-refractivity contribution in [3.05, 3.63) is 35.9 Å². The monoisotopic (exact) mass is 262 g/mol. The molecule has 3 nitrogen and oxygen atoms in total. The number of amides is 1. The zero-order chi connectivity index (χ0) is 14.1. The van der Waals surface area contributed by atoms with Gasteiger partial charge in [0.1, 0.15) is 0 Å². The molecule has 0 bridgehead atoms. The number of carbonyl (C=O) groups excluding carboxylic acids is 1. The molecule has 1 amide bonds. The topological polar surface area (TPSA) is 46.3 Å². The predicted molar refractivity (Wildman–Crippen MR) is 79.8 cm³/mol. The molecule has 3 heteroatoms. The molecular formula is C16H26N2O. The lowest BCUT2D eigenvalue weighted by atomic mass is 10.0. The first-order valence-corrected chi connectivity index (χ1v) is 7.29. The van der Waals surface area contributed by atoms with Gasteiger partial charge in [-0.1, -0.05) is 50.6 Å². The van der Waals surface area contributed by atoms with Gasteiger partial charge in [0.15, 0.2) is 0 Å². The normalized spacial score (nSPS) is 12.2. The predicted octanol–water partition coefficient (Wildman–Crippen LogP) is 3.12. The van der Waals surface area contributed by atoms with E-state index in [1.165, 1.54) is 5.56 Å². The number of nitrogens with two attached hydrogens (primary N) is 1. The van der Waals surface area contributed by atoms with E-state index in [0.29, 0.717) is 13.0 Å². The average Bonchev–Trinajstić information content (AvgIpc) is 2.44. The zero-order valence-corrected chi connectivity index (χ0v) is 12.1. The second-order valence-corrected chi connectivity index (χ2v) is 4.81. The number of hydrogen-bond donors (Lipinski definition) is 1. The van der Waals surface area contributed by atoms with Gasteiger partial charge in [-0.25, -0.2) is 0 Å². The second kappa shape index (κ2) is 8.70. The first-order chi connectivity index (χ1) is 9.24. The highest BCUT2D eigenvalue weighted by Crippen LogP contribution is 2.25. The fourth-order valence-corrected chi connectivity index (χ4v) is 2.36. The van der Waals surface area contributed by atoms with Crippen molar-refractivity contribution in [2.24, 2.45) is 5.73 Å². The Morgan fingerprint density at radius 2 is 1.95 bits per heavy atom. The molecule has 0 aromatic heterocycles. The molecule has 0 fully saturated rings. The quantitative estimate of drug-likeness (QED) is 0.782. The fraction of sp³-hybridized carbons (Fsp3) is 0.562. The minimum absolute atomic E-state index is 0.173. The third kappa shape index (κ3) is 4.67. The summed E-state index contributed by atoms with van der Waals surface area (Å²) in [6.07, 6.45) is 3.51. The van der Waals surface area contributed by atoms with E-state index in [1.807, 2.05) is 23.1 Å². The van der Waals surface area contributed by atoms with Crippen LogP contribution in [0.15, 0.2) is 30.3 Å². The van der Waals surface area contributed by atoms with E-state index in [2.05, 4.69) is 26.0 Å². The number of benzene rings is 1. The van der Waals surface area contributed by atoms with E-state index < -0.39 is 0 Å². The Balaban J connectivity index is 2.89. The van der Waals surface area contributed by atoms with Crippen LogP contribution in [0.5, 0.6) is 0 Å². The molecule has 0 spiro atoms. The molecule has 0 aliphatic carbocycles. The Kier molecular flexibility index (Phi) is 7.19. The molecule has 1 aromatic carbocycles. The highest BCUT2D eigenvalue weighted by molar-refractivity contribution is 5.76. The van der Waals surface area contributed by atoms with Crippen LogP contribution >= 0.6 is 0 Å². The van der Waals surface area contributed by atoms with E-state index in [-0.39, 0.29) is 11.9 Å². The summed E-state index contributed by atoms with van der Waals surface area (Å²) in [5.74, 6) is 0.173. The Morgan fingerprint density at radius 3 is 2.47 bits per heavy atom. The van der Waals surface area contributed by atoms with Crippen molar-refractivity contribution in [1.29, 1.82) is 0 Å². The van der Waals surface area contributed by atoms with Gasteiger partial charge < -0.3 is 10.6 Å². The third-order valence-corrected chi connectivity index (χ3v) is 3.38. The zero-order valence-electron chi connectivity index (χ0n) is 12.1. The fourth-order valence-electron chi connectivity index (χ4n) is 2.36. The molecule has 0 saturated heterocycles. The number of hydrogen-bond acceptors (Lipinski definition) is 2. The number of carbonyl (C=O) groups is 1. The van der Waals surface area contributed by atoms with Gasteiger partial charge in [-0.05, 0) is 18.4 Å². The molecule has 1 unspecified atom stereocenters. The lowest BCUT2D eigenvalue weighted by Crippen LogP contribution is -2.36. The van der Waals surface area contributed by atoms with E-state index in [4.69, 9.17) is 5.73 Å². The molecule has 1 aromatic rings. The highest BCUT2D eigenvalue weighted by Gasteiger charge is 2.22. The Hall–Kier alpha value is -1.35. The average molecular weight is 262 g/mol. The second-order valence-electron chi connectivity index (χ2n) is 4.81. The maximum Gasteiger partial charge on any atom is 0.224 e. The van der Waals surface area contributed by atoms with Crippen LogP contribution in [-0.4, -0.2) is 23.9 Å². The van der Waals surface area contributed by atoms with E-state index in [1.54, 1.807) is 0 Å². The minimum Gasteiger partial charge on any atom is -0.336 e. The third-order valence-electron chi connectivity index (χ3n) is 3.38. The first-order valence-electron chi connectivity index (χ1n) is 7.29. The SMILES string of the molecule is CCCCN(C(=O)CCN)C(CC)c1ccccc1. The van der Waals surface area contributed by atoms with Crippen molar-refractivity contribution >= 4 is 5.91 Å². The van der Waals surface area contributed by atoms with Crippen LogP contribution in [0.3, 0.4) is 0 Å². The van der Waals surface area contributed by atoms with Crippen LogP contribution in [0.4, 0.5) is 0 Å². The summed E-state index contributed by atoms with van der Waals surface area (Å²) in [6, 6.07) is 10.4. The molecule has 0 aliphatic heterocycles. The summed E-state index contributed by atoms with van der Waals surface area (Å²) in [4.78, 5) is 14.3. The Bertz CT molecular complexity index is 364. The maximum atomic E-state index is 12.3. The van der Waals surface area contributed by atoms with Gasteiger partial charge in [0, 0.05) is 19.5 Å². The van der Waals surface area contributed by atoms with E-state index in [9.17, 15) is 4.79 Å². The molecule has 0 heterocycles. The lowest BCUT2D eigenvalue weighted by Gasteiger charge is -2.31. The first kappa shape index (κ1) is 15.7. The molecule has 2 N–H and O–H groups in total. The Morgan fingerprint density at radius 1 is 1.26 bits per heavy atom. The standard InChI is InChI=1S/C16H26N2O/c1-3-5-13-18(16(19)11-12-17)15(4-2)14-9-7-6-8-10-14/h6-10,15H,3-5,11-13,17H2,1-2H3. The summed E-state index contributed by atoms with van der Waals surface area (Å²) in [6.45, 7) is 5.52. The van der Waals surface area contributed by atoms with Crippen LogP contribution in [0.2, 0.25) is 0 Å². The molecule has 106 valence electrons. The smallest absolute Gasteiger partial charge is 0.224 e. The summed E-state index contributed by atoms with van der Waals surface area (Å²) >= 11 is 0. The van der Waals surface area contributed by atoms with Crippen LogP contribution in [0.1, 0.15) is 51.1 Å². The molecule has 1 rings (SSSR count). The summed E-state index contributed by atoms with van der Waals surface area (Å²) in [7, 11) is 0. The van der Waals surface area contributed by atoms with Gasteiger partial charge in [-0.15, -0.1) is 0 Å². The Labute approximate surface area is 116 Å². The number of nitrogens with zero attached hydrogens (tertiary/aromatic N) is 1. The maximum absolute atomic E-state index is 12.3. The van der Waals surface area contributed by atoms with Crippen molar-refractivity contribution in [3.63, 3.8) is 0 Å². The van der Waals surface area contributed by atoms with Crippen LogP contribution in [0, 0.1) is 0 Å². The van der Waals surface area contributed by atoms with Crippen molar-refractivity contribution in [1.82, 2.24) is 4.90 Å². The van der Waals surface area contributed by atoms with Crippen LogP contribution in [-0.2, 0) is 4.79 Å².